The van der Waals surface area contributed by atoms with Crippen LogP contribution in [0.4, 0.5) is 0 Å². The summed E-state index contributed by atoms with van der Waals surface area (Å²) in [6, 6.07) is 0.629. The Balaban J connectivity index is 1.77. The highest BCUT2D eigenvalue weighted by Gasteiger charge is 2.29. The monoisotopic (exact) mass is 295 g/mol. The predicted octanol–water partition coefficient (Wildman–Crippen LogP) is 1.86. The summed E-state index contributed by atoms with van der Waals surface area (Å²) in [7, 11) is 0. The number of rotatable bonds is 7. The van der Waals surface area contributed by atoms with Crippen molar-refractivity contribution in [2.45, 2.75) is 52.5 Å². The highest BCUT2D eigenvalue weighted by molar-refractivity contribution is 5.72. The molecule has 0 spiro atoms. The summed E-state index contributed by atoms with van der Waals surface area (Å²) in [5.74, 6) is 2.51. The number of nitrogens with one attached hydrogen (secondary N) is 2. The lowest BCUT2D eigenvalue weighted by Gasteiger charge is -2.41. The van der Waals surface area contributed by atoms with Crippen molar-refractivity contribution in [2.75, 3.05) is 32.7 Å². The molecule has 4 nitrogen and oxygen atoms in total. The molecule has 0 radical (unpaired) electrons. The van der Waals surface area contributed by atoms with Gasteiger partial charge in [-0.15, -0.1) is 0 Å². The van der Waals surface area contributed by atoms with Crippen molar-refractivity contribution >= 4 is 5.91 Å². The molecular formula is C17H33N3O. The van der Waals surface area contributed by atoms with E-state index in [0.29, 0.717) is 6.04 Å². The molecule has 1 aliphatic heterocycles. The number of nitrogens with zero attached hydrogens (tertiary/aromatic N) is 1. The van der Waals surface area contributed by atoms with Gasteiger partial charge in [-0.2, -0.15) is 0 Å². The van der Waals surface area contributed by atoms with E-state index >= 15 is 0 Å². The standard InChI is InChI=1S/C17H33N3O/c1-13(2)16-9-17(19-10-15-5-4-6-15)12-20(11-16)8-7-18-14(3)21/h13,15-17,19H,4-12H2,1-3H3,(H,18,21). The van der Waals surface area contributed by atoms with Crippen LogP contribution in [0.5, 0.6) is 0 Å². The van der Waals surface area contributed by atoms with E-state index in [1.807, 2.05) is 0 Å². The Bertz CT molecular complexity index is 328. The lowest BCUT2D eigenvalue weighted by atomic mass is 9.83. The molecule has 1 heterocycles. The molecule has 2 aliphatic rings. The Morgan fingerprint density at radius 1 is 1.29 bits per heavy atom. The zero-order valence-electron chi connectivity index (χ0n) is 14.0. The average molecular weight is 295 g/mol. The molecule has 0 aromatic heterocycles. The van der Waals surface area contributed by atoms with Gasteiger partial charge < -0.3 is 10.6 Å². The van der Waals surface area contributed by atoms with E-state index in [-0.39, 0.29) is 5.91 Å². The van der Waals surface area contributed by atoms with E-state index < -0.39 is 0 Å². The van der Waals surface area contributed by atoms with E-state index in [1.54, 1.807) is 6.92 Å². The third-order valence-corrected chi connectivity index (χ3v) is 5.22. The smallest absolute Gasteiger partial charge is 0.216 e. The minimum atomic E-state index is 0.0760. The molecule has 2 rings (SSSR count). The third-order valence-electron chi connectivity index (χ3n) is 5.22. The van der Waals surface area contributed by atoms with Crippen LogP contribution in [0.1, 0.15) is 46.5 Å². The van der Waals surface area contributed by atoms with Crippen LogP contribution in [0.25, 0.3) is 0 Å². The molecule has 2 fully saturated rings. The molecule has 2 unspecified atom stereocenters. The van der Waals surface area contributed by atoms with E-state index in [0.717, 1.165) is 37.4 Å². The van der Waals surface area contributed by atoms with Crippen LogP contribution in [0.3, 0.4) is 0 Å². The van der Waals surface area contributed by atoms with Gasteiger partial charge in [-0.3, -0.25) is 9.69 Å². The zero-order valence-corrected chi connectivity index (χ0v) is 14.0. The molecule has 0 aromatic carbocycles. The Labute approximate surface area is 130 Å². The highest BCUT2D eigenvalue weighted by Crippen LogP contribution is 2.27. The lowest BCUT2D eigenvalue weighted by molar-refractivity contribution is -0.119. The van der Waals surface area contributed by atoms with Gasteiger partial charge in [-0.25, -0.2) is 0 Å². The van der Waals surface area contributed by atoms with E-state index in [9.17, 15) is 4.79 Å². The quantitative estimate of drug-likeness (QED) is 0.753. The summed E-state index contributed by atoms with van der Waals surface area (Å²) >= 11 is 0. The van der Waals surface area contributed by atoms with Gasteiger partial charge in [0.2, 0.25) is 5.91 Å². The molecule has 21 heavy (non-hydrogen) atoms. The SMILES string of the molecule is CC(=O)NCCN1CC(NCC2CCC2)CC(C(C)C)C1. The minimum Gasteiger partial charge on any atom is -0.355 e. The van der Waals surface area contributed by atoms with Crippen LogP contribution < -0.4 is 10.6 Å². The van der Waals surface area contributed by atoms with Crippen LogP contribution in [-0.4, -0.2) is 49.6 Å². The molecule has 1 amide bonds. The second-order valence-electron chi connectivity index (χ2n) is 7.38. The number of carbonyl (C=O) groups is 1. The molecule has 1 aliphatic carbocycles. The van der Waals surface area contributed by atoms with Gasteiger partial charge in [0.1, 0.15) is 0 Å². The fourth-order valence-electron chi connectivity index (χ4n) is 3.47. The van der Waals surface area contributed by atoms with Crippen LogP contribution in [0.2, 0.25) is 0 Å². The summed E-state index contributed by atoms with van der Waals surface area (Å²) < 4.78 is 0. The van der Waals surface area contributed by atoms with Gasteiger partial charge >= 0.3 is 0 Å². The van der Waals surface area contributed by atoms with Crippen molar-refractivity contribution in [1.29, 1.82) is 0 Å². The second-order valence-corrected chi connectivity index (χ2v) is 7.38. The Hall–Kier alpha value is -0.610. The summed E-state index contributed by atoms with van der Waals surface area (Å²) in [4.78, 5) is 13.5. The third kappa shape index (κ3) is 5.59. The van der Waals surface area contributed by atoms with Gasteiger partial charge in [0, 0.05) is 39.1 Å². The van der Waals surface area contributed by atoms with Crippen molar-refractivity contribution in [3.63, 3.8) is 0 Å². The number of amides is 1. The molecule has 1 saturated carbocycles. The molecular weight excluding hydrogens is 262 g/mol. The van der Waals surface area contributed by atoms with Crippen LogP contribution >= 0.6 is 0 Å². The first-order valence-electron chi connectivity index (χ1n) is 8.74. The zero-order chi connectivity index (χ0) is 15.2. The van der Waals surface area contributed by atoms with Crippen molar-refractivity contribution in [3.8, 4) is 0 Å². The lowest BCUT2D eigenvalue weighted by Crippen LogP contribution is -2.52. The first-order valence-corrected chi connectivity index (χ1v) is 8.74. The molecule has 0 aromatic rings. The van der Waals surface area contributed by atoms with Gasteiger partial charge in [0.15, 0.2) is 0 Å². The number of hydrogen-bond donors (Lipinski definition) is 2. The molecule has 4 heteroatoms. The van der Waals surface area contributed by atoms with Crippen molar-refractivity contribution in [1.82, 2.24) is 15.5 Å². The maximum Gasteiger partial charge on any atom is 0.216 e. The van der Waals surface area contributed by atoms with E-state index in [2.05, 4.69) is 29.4 Å². The van der Waals surface area contributed by atoms with Crippen molar-refractivity contribution in [3.05, 3.63) is 0 Å². The summed E-state index contributed by atoms with van der Waals surface area (Å²) in [5, 5.41) is 6.73. The first kappa shape index (κ1) is 16.8. The fraction of sp³-hybridized carbons (Fsp3) is 0.941. The second kappa shape index (κ2) is 8.14. The average Bonchev–Trinajstić information content (AvgIpc) is 2.36. The molecule has 1 saturated heterocycles. The van der Waals surface area contributed by atoms with Gasteiger partial charge in [0.25, 0.3) is 0 Å². The number of likely N-dealkylation sites (tertiary alicyclic amines) is 1. The van der Waals surface area contributed by atoms with Crippen LogP contribution in [-0.2, 0) is 4.79 Å². The summed E-state index contributed by atoms with van der Waals surface area (Å²) in [6.07, 6.45) is 5.56. The van der Waals surface area contributed by atoms with E-state index in [1.165, 1.54) is 38.8 Å². The largest absolute Gasteiger partial charge is 0.355 e. The van der Waals surface area contributed by atoms with Gasteiger partial charge in [0.05, 0.1) is 0 Å². The highest BCUT2D eigenvalue weighted by atomic mass is 16.1. The molecule has 0 bridgehead atoms. The van der Waals surface area contributed by atoms with Crippen LogP contribution in [0.15, 0.2) is 0 Å². The molecule has 2 atom stereocenters. The molecule has 122 valence electrons. The van der Waals surface area contributed by atoms with Gasteiger partial charge in [-0.1, -0.05) is 20.3 Å². The Kier molecular flexibility index (Phi) is 6.49. The Morgan fingerprint density at radius 3 is 2.62 bits per heavy atom. The topological polar surface area (TPSA) is 44.4 Å². The number of hydrogen-bond acceptors (Lipinski definition) is 3. The number of carbonyl (C=O) groups excluding carboxylic acids is 1. The maximum atomic E-state index is 11.0. The van der Waals surface area contributed by atoms with Crippen LogP contribution in [0, 0.1) is 17.8 Å². The minimum absolute atomic E-state index is 0.0760. The normalized spacial score (nSPS) is 27.6. The van der Waals surface area contributed by atoms with Crippen molar-refractivity contribution in [2.24, 2.45) is 17.8 Å². The summed E-state index contributed by atoms with van der Waals surface area (Å²) in [5.41, 5.74) is 0. The van der Waals surface area contributed by atoms with Gasteiger partial charge in [-0.05, 0) is 43.6 Å². The predicted molar refractivity (Wildman–Crippen MR) is 87.2 cm³/mol. The van der Waals surface area contributed by atoms with Crippen molar-refractivity contribution < 1.29 is 4.79 Å². The fourth-order valence-corrected chi connectivity index (χ4v) is 3.47. The number of piperidine rings is 1. The maximum absolute atomic E-state index is 11.0. The van der Waals surface area contributed by atoms with E-state index in [4.69, 9.17) is 0 Å². The first-order chi connectivity index (χ1) is 10.0. The summed E-state index contributed by atoms with van der Waals surface area (Å²) in [6.45, 7) is 11.5. The molecule has 2 N–H and O–H groups in total. The Morgan fingerprint density at radius 2 is 2.05 bits per heavy atom.